The molecule has 3 fully saturated rings. The van der Waals surface area contributed by atoms with E-state index in [-0.39, 0.29) is 24.0 Å². The van der Waals surface area contributed by atoms with Gasteiger partial charge >= 0.3 is 6.18 Å². The highest BCUT2D eigenvalue weighted by Gasteiger charge is 2.62. The molecule has 1 saturated heterocycles. The van der Waals surface area contributed by atoms with Gasteiger partial charge in [-0.15, -0.1) is 0 Å². The molecule has 2 atom stereocenters. The standard InChI is InChI=1S/C24H30F3N5O3/c1-15-28-10-19(11-29-15)34-13-22(33)30-18-4-2-16(3-5-18)6-7-32-12-17-9-23(17,14-32)20-8-21(35-31-20)24(25,26)27/h8,10-11,16-18H,2-7,9,12-14H2,1H3,(H,30,33)/t16?,17?,18?,23-/m0/s1. The largest absolute Gasteiger partial charge is 0.481 e. The molecule has 1 unspecified atom stereocenters. The third-order valence-corrected chi connectivity index (χ3v) is 7.71. The highest BCUT2D eigenvalue weighted by molar-refractivity contribution is 5.77. The lowest BCUT2D eigenvalue weighted by Gasteiger charge is -2.30. The van der Waals surface area contributed by atoms with Crippen molar-refractivity contribution < 1.29 is 27.2 Å². The van der Waals surface area contributed by atoms with Crippen molar-refractivity contribution in [3.05, 3.63) is 35.7 Å². The first kappa shape index (κ1) is 24.0. The zero-order valence-corrected chi connectivity index (χ0v) is 19.7. The van der Waals surface area contributed by atoms with Gasteiger partial charge in [0.15, 0.2) is 12.4 Å². The Morgan fingerprint density at radius 2 is 2.00 bits per heavy atom. The van der Waals surface area contributed by atoms with Crippen LogP contribution in [-0.4, -0.2) is 58.2 Å². The Hall–Kier alpha value is -2.69. The van der Waals surface area contributed by atoms with Crippen LogP contribution in [-0.2, 0) is 16.4 Å². The number of amides is 1. The second kappa shape index (κ2) is 9.40. The molecule has 11 heteroatoms. The normalized spacial score (nSPS) is 28.5. The molecular formula is C24H30F3N5O3. The number of aromatic nitrogens is 3. The maximum atomic E-state index is 12.9. The highest BCUT2D eigenvalue weighted by atomic mass is 19.4. The number of hydrogen-bond acceptors (Lipinski definition) is 7. The highest BCUT2D eigenvalue weighted by Crippen LogP contribution is 2.59. The quantitative estimate of drug-likeness (QED) is 0.602. The summed E-state index contributed by atoms with van der Waals surface area (Å²) in [6.07, 6.45) is 4.55. The summed E-state index contributed by atoms with van der Waals surface area (Å²) < 4.78 is 48.6. The number of hydrogen-bond donors (Lipinski definition) is 1. The molecule has 0 spiro atoms. The third kappa shape index (κ3) is 5.44. The van der Waals surface area contributed by atoms with E-state index in [0.29, 0.717) is 29.1 Å². The molecule has 1 aliphatic heterocycles. The number of nitrogens with zero attached hydrogens (tertiary/aromatic N) is 4. The summed E-state index contributed by atoms with van der Waals surface area (Å²) in [6.45, 7) is 4.33. The average Bonchev–Trinajstić information content (AvgIpc) is 3.16. The molecular weight excluding hydrogens is 463 g/mol. The molecule has 3 aliphatic rings. The molecule has 2 aromatic heterocycles. The fourth-order valence-corrected chi connectivity index (χ4v) is 5.63. The zero-order valence-electron chi connectivity index (χ0n) is 19.7. The summed E-state index contributed by atoms with van der Waals surface area (Å²) in [7, 11) is 0. The first-order valence-corrected chi connectivity index (χ1v) is 12.2. The molecule has 1 amide bonds. The van der Waals surface area contributed by atoms with Crippen LogP contribution in [0.25, 0.3) is 0 Å². The van der Waals surface area contributed by atoms with Gasteiger partial charge in [0.25, 0.3) is 5.91 Å². The van der Waals surface area contributed by atoms with Crippen LogP contribution < -0.4 is 10.1 Å². The Kier molecular flexibility index (Phi) is 6.45. The molecule has 35 heavy (non-hydrogen) atoms. The predicted molar refractivity (Wildman–Crippen MR) is 118 cm³/mol. The molecule has 2 aliphatic carbocycles. The SMILES string of the molecule is Cc1ncc(OCC(=O)NC2CCC(CCN3CC4C[C@]4(c4cc(C(F)(F)F)on4)C3)CC2)cn1. The number of fused-ring (bicyclic) bond motifs is 1. The number of likely N-dealkylation sites (tertiary alicyclic amines) is 1. The molecule has 3 heterocycles. The van der Waals surface area contributed by atoms with Crippen molar-refractivity contribution in [2.45, 2.75) is 63.1 Å². The van der Waals surface area contributed by atoms with Crippen molar-refractivity contribution in [1.29, 1.82) is 0 Å². The van der Waals surface area contributed by atoms with Gasteiger partial charge in [-0.1, -0.05) is 5.16 Å². The number of nitrogens with one attached hydrogen (secondary N) is 1. The van der Waals surface area contributed by atoms with Gasteiger partial charge in [0.05, 0.1) is 18.1 Å². The van der Waals surface area contributed by atoms with E-state index in [1.54, 1.807) is 19.3 Å². The topological polar surface area (TPSA) is 93.4 Å². The molecule has 8 nitrogen and oxygen atoms in total. The number of carbonyl (C=O) groups is 1. The van der Waals surface area contributed by atoms with E-state index in [1.807, 2.05) is 0 Å². The van der Waals surface area contributed by atoms with Crippen molar-refractivity contribution in [2.75, 3.05) is 26.2 Å². The third-order valence-electron chi connectivity index (χ3n) is 7.71. The first-order chi connectivity index (χ1) is 16.7. The Labute approximate surface area is 201 Å². The van der Waals surface area contributed by atoms with E-state index in [2.05, 4.69) is 29.9 Å². The van der Waals surface area contributed by atoms with Crippen LogP contribution in [0, 0.1) is 18.8 Å². The van der Waals surface area contributed by atoms with Crippen molar-refractivity contribution >= 4 is 5.91 Å². The van der Waals surface area contributed by atoms with Crippen LogP contribution in [0.3, 0.4) is 0 Å². The maximum absolute atomic E-state index is 12.9. The summed E-state index contributed by atoms with van der Waals surface area (Å²) >= 11 is 0. The number of piperidine rings is 1. The molecule has 0 radical (unpaired) electrons. The number of halogens is 3. The van der Waals surface area contributed by atoms with Crippen molar-refractivity contribution in [1.82, 2.24) is 25.3 Å². The smallest absolute Gasteiger partial charge is 0.452 e. The lowest BCUT2D eigenvalue weighted by atomic mass is 9.84. The van der Waals surface area contributed by atoms with Gasteiger partial charge in [0, 0.05) is 30.6 Å². The minimum absolute atomic E-state index is 0.0553. The summed E-state index contributed by atoms with van der Waals surface area (Å²) in [6, 6.07) is 1.24. The minimum atomic E-state index is -4.49. The number of aryl methyl sites for hydroxylation is 1. The van der Waals surface area contributed by atoms with Crippen LogP contribution >= 0.6 is 0 Å². The molecule has 190 valence electrons. The van der Waals surface area contributed by atoms with E-state index < -0.39 is 11.9 Å². The van der Waals surface area contributed by atoms with E-state index in [9.17, 15) is 18.0 Å². The minimum Gasteiger partial charge on any atom is -0.481 e. The Balaban J connectivity index is 1.00. The Morgan fingerprint density at radius 1 is 1.26 bits per heavy atom. The van der Waals surface area contributed by atoms with Crippen LogP contribution in [0.4, 0.5) is 13.2 Å². The van der Waals surface area contributed by atoms with Gasteiger partial charge in [0.1, 0.15) is 5.82 Å². The molecule has 5 rings (SSSR count). The zero-order chi connectivity index (χ0) is 24.6. The molecule has 2 aromatic rings. The summed E-state index contributed by atoms with van der Waals surface area (Å²) in [5.74, 6) is 0.936. The average molecular weight is 494 g/mol. The first-order valence-electron chi connectivity index (χ1n) is 12.2. The molecule has 0 aromatic carbocycles. The van der Waals surface area contributed by atoms with Gasteiger partial charge in [-0.25, -0.2) is 9.97 Å². The second-order valence-electron chi connectivity index (χ2n) is 10.2. The summed E-state index contributed by atoms with van der Waals surface area (Å²) in [5, 5.41) is 6.81. The molecule has 1 N–H and O–H groups in total. The van der Waals surface area contributed by atoms with Crippen molar-refractivity contribution in [3.63, 3.8) is 0 Å². The Bertz CT molecular complexity index is 1040. The van der Waals surface area contributed by atoms with Crippen LogP contribution in [0.2, 0.25) is 0 Å². The molecule has 0 bridgehead atoms. The fraction of sp³-hybridized carbons (Fsp3) is 0.667. The number of ether oxygens (including phenoxy) is 1. The summed E-state index contributed by atoms with van der Waals surface area (Å²) in [5.41, 5.74) is 0.189. The van der Waals surface area contributed by atoms with Crippen molar-refractivity contribution in [2.24, 2.45) is 11.8 Å². The maximum Gasteiger partial charge on any atom is 0.452 e. The lowest BCUT2D eigenvalue weighted by molar-refractivity contribution is -0.155. The monoisotopic (exact) mass is 493 g/mol. The van der Waals surface area contributed by atoms with Crippen LogP contribution in [0.1, 0.15) is 55.8 Å². The van der Waals surface area contributed by atoms with Gasteiger partial charge in [-0.05, 0) is 63.8 Å². The lowest BCUT2D eigenvalue weighted by Crippen LogP contribution is -2.40. The van der Waals surface area contributed by atoms with E-state index >= 15 is 0 Å². The van der Waals surface area contributed by atoms with Crippen LogP contribution in [0.15, 0.2) is 23.0 Å². The van der Waals surface area contributed by atoms with E-state index in [0.717, 1.165) is 64.2 Å². The van der Waals surface area contributed by atoms with Gasteiger partial charge in [-0.3, -0.25) is 4.79 Å². The number of carbonyl (C=O) groups excluding carboxylic acids is 1. The van der Waals surface area contributed by atoms with Crippen LogP contribution in [0.5, 0.6) is 5.75 Å². The summed E-state index contributed by atoms with van der Waals surface area (Å²) in [4.78, 5) is 22.7. The van der Waals surface area contributed by atoms with E-state index in [4.69, 9.17) is 4.74 Å². The van der Waals surface area contributed by atoms with Crippen molar-refractivity contribution in [3.8, 4) is 5.75 Å². The van der Waals surface area contributed by atoms with Gasteiger partial charge in [-0.2, -0.15) is 13.2 Å². The molecule has 2 saturated carbocycles. The number of rotatable bonds is 8. The van der Waals surface area contributed by atoms with Gasteiger partial charge in [0.2, 0.25) is 5.76 Å². The Morgan fingerprint density at radius 3 is 2.69 bits per heavy atom. The second-order valence-corrected chi connectivity index (χ2v) is 10.2. The van der Waals surface area contributed by atoms with Gasteiger partial charge < -0.3 is 19.5 Å². The van der Waals surface area contributed by atoms with E-state index in [1.165, 1.54) is 0 Å². The predicted octanol–water partition coefficient (Wildman–Crippen LogP) is 3.51. The fourth-order valence-electron chi connectivity index (χ4n) is 5.63. The number of alkyl halides is 3.